The maximum absolute atomic E-state index is 12.8. The molecule has 0 saturated carbocycles. The zero-order valence-electron chi connectivity index (χ0n) is 19.2. The zero-order chi connectivity index (χ0) is 24.8. The lowest BCUT2D eigenvalue weighted by Gasteiger charge is -2.24. The third-order valence-electron chi connectivity index (χ3n) is 5.66. The fourth-order valence-corrected chi connectivity index (χ4v) is 4.77. The molecule has 3 heterocycles. The molecule has 4 rings (SSSR count). The molecule has 0 spiro atoms. The molecule has 36 heavy (non-hydrogen) atoms. The number of hydrogen-bond acceptors (Lipinski definition) is 10. The van der Waals surface area contributed by atoms with Crippen molar-refractivity contribution in [3.63, 3.8) is 0 Å². The smallest absolute Gasteiger partial charge is 0.293 e. The van der Waals surface area contributed by atoms with Crippen LogP contribution in [0.4, 0.5) is 11.4 Å². The number of anilines is 1. The van der Waals surface area contributed by atoms with E-state index in [9.17, 15) is 23.3 Å². The van der Waals surface area contributed by atoms with Gasteiger partial charge in [0, 0.05) is 38.4 Å². The van der Waals surface area contributed by atoms with E-state index in [1.807, 2.05) is 10.8 Å². The van der Waals surface area contributed by atoms with E-state index >= 15 is 0 Å². The lowest BCUT2D eigenvalue weighted by atomic mass is 10.0. The molecule has 1 saturated heterocycles. The van der Waals surface area contributed by atoms with E-state index < -0.39 is 31.4 Å². The fraction of sp³-hybridized carbons (Fsp3) is 0.364. The van der Waals surface area contributed by atoms with Crippen molar-refractivity contribution >= 4 is 45.3 Å². The highest BCUT2D eigenvalue weighted by atomic mass is 35.5. The van der Waals surface area contributed by atoms with Crippen molar-refractivity contribution in [2.75, 3.05) is 44.6 Å². The van der Waals surface area contributed by atoms with Gasteiger partial charge < -0.3 is 20.7 Å². The Bertz CT molecular complexity index is 1230. The van der Waals surface area contributed by atoms with E-state index in [2.05, 4.69) is 20.9 Å². The summed E-state index contributed by atoms with van der Waals surface area (Å²) in [5, 5.41) is 20.9. The van der Waals surface area contributed by atoms with Crippen LogP contribution in [0, 0.1) is 10.1 Å². The normalized spacial score (nSPS) is 17.9. The number of carbonyl (C=O) groups is 1. The molecule has 194 valence electrons. The molecule has 0 aliphatic carbocycles. The number of nitro benzene ring substituents is 1. The third kappa shape index (κ3) is 6.77. The number of sulfonamides is 1. The topological polar surface area (TPSA) is 165 Å². The predicted molar refractivity (Wildman–Crippen MR) is 136 cm³/mol. The van der Waals surface area contributed by atoms with Crippen molar-refractivity contribution in [2.24, 2.45) is 0 Å². The van der Waals surface area contributed by atoms with Gasteiger partial charge in [-0.25, -0.2) is 13.1 Å². The summed E-state index contributed by atoms with van der Waals surface area (Å²) in [4.78, 5) is 27.1. The van der Waals surface area contributed by atoms with Gasteiger partial charge in [0.1, 0.15) is 11.4 Å². The molecule has 2 aliphatic rings. The number of nitrogens with zero attached hydrogens (tertiary/aromatic N) is 2. The second-order valence-electron chi connectivity index (χ2n) is 8.06. The molecular formula is C22H27ClN6O6S. The van der Waals surface area contributed by atoms with Gasteiger partial charge in [-0.05, 0) is 42.3 Å². The first-order valence-electron chi connectivity index (χ1n) is 11.1. The molecule has 0 bridgehead atoms. The summed E-state index contributed by atoms with van der Waals surface area (Å²) in [6.07, 6.45) is 4.22. The Morgan fingerprint density at radius 3 is 2.69 bits per heavy atom. The van der Waals surface area contributed by atoms with Gasteiger partial charge in [0.05, 0.1) is 22.5 Å². The van der Waals surface area contributed by atoms with Gasteiger partial charge in [0.15, 0.2) is 0 Å². The molecule has 2 aliphatic heterocycles. The summed E-state index contributed by atoms with van der Waals surface area (Å²) in [6.45, 7) is 3.79. The molecule has 2 aromatic rings. The van der Waals surface area contributed by atoms with Gasteiger partial charge >= 0.3 is 0 Å². The zero-order valence-corrected chi connectivity index (χ0v) is 20.9. The molecule has 0 radical (unpaired) electrons. The van der Waals surface area contributed by atoms with E-state index in [0.29, 0.717) is 19.7 Å². The first-order chi connectivity index (χ1) is 16.8. The Kier molecular flexibility index (Phi) is 9.34. The Morgan fingerprint density at radius 2 is 2.06 bits per heavy atom. The number of morpholine rings is 1. The van der Waals surface area contributed by atoms with Gasteiger partial charge in [-0.1, -0.05) is 12.1 Å². The Morgan fingerprint density at radius 1 is 1.22 bits per heavy atom. The van der Waals surface area contributed by atoms with Crippen LogP contribution in [0.15, 0.2) is 47.5 Å². The number of amides is 1. The SMILES string of the molecule is Cl.O=C(NS(=O)(=O)c1ccc(NCC2CNCCO2)c([N+](=O)[O-])c1)c1ccc(C2=CCNCC2)cn1. The number of pyridine rings is 1. The maximum atomic E-state index is 12.8. The van der Waals surface area contributed by atoms with Crippen LogP contribution in [-0.4, -0.2) is 69.7 Å². The van der Waals surface area contributed by atoms with Crippen LogP contribution in [0.3, 0.4) is 0 Å². The highest BCUT2D eigenvalue weighted by molar-refractivity contribution is 7.90. The number of rotatable bonds is 8. The summed E-state index contributed by atoms with van der Waals surface area (Å²) in [7, 11) is -4.37. The standard InChI is InChI=1S/C22H26N6O6S.ClH/c29-22(20-3-1-16(12-25-20)15-5-7-23-8-6-15)27-35(32,33)18-2-4-19(21(11-18)28(30)31)26-14-17-13-24-9-10-34-17;/h1-5,11-12,17,23-24,26H,6-10,13-14H2,(H,27,29);1H. The first-order valence-corrected chi connectivity index (χ1v) is 12.6. The van der Waals surface area contributed by atoms with Crippen LogP contribution < -0.4 is 20.7 Å². The van der Waals surface area contributed by atoms with Gasteiger partial charge in [0.2, 0.25) is 0 Å². The number of aromatic nitrogens is 1. The van der Waals surface area contributed by atoms with Crippen molar-refractivity contribution in [3.8, 4) is 0 Å². The lowest BCUT2D eigenvalue weighted by molar-refractivity contribution is -0.384. The monoisotopic (exact) mass is 538 g/mol. The molecule has 1 aromatic carbocycles. The van der Waals surface area contributed by atoms with Crippen molar-refractivity contribution in [1.29, 1.82) is 0 Å². The van der Waals surface area contributed by atoms with Crippen LogP contribution in [-0.2, 0) is 14.8 Å². The van der Waals surface area contributed by atoms with Crippen molar-refractivity contribution in [2.45, 2.75) is 17.4 Å². The lowest BCUT2D eigenvalue weighted by Crippen LogP contribution is -2.42. The first kappa shape index (κ1) is 27.5. The predicted octanol–water partition coefficient (Wildman–Crippen LogP) is 1.31. The summed E-state index contributed by atoms with van der Waals surface area (Å²) < 4.78 is 33.0. The number of ether oxygens (including phenoxy) is 1. The number of benzene rings is 1. The van der Waals surface area contributed by atoms with Crippen molar-refractivity contribution < 1.29 is 22.9 Å². The number of hydrogen-bond donors (Lipinski definition) is 4. The minimum atomic E-state index is -4.37. The van der Waals surface area contributed by atoms with Crippen LogP contribution in [0.5, 0.6) is 0 Å². The van der Waals surface area contributed by atoms with Gasteiger partial charge in [-0.2, -0.15) is 0 Å². The van der Waals surface area contributed by atoms with E-state index in [4.69, 9.17) is 4.74 Å². The molecular weight excluding hydrogens is 512 g/mol. The molecule has 14 heteroatoms. The molecule has 1 amide bonds. The minimum Gasteiger partial charge on any atom is -0.377 e. The molecule has 1 atom stereocenters. The molecule has 1 aromatic heterocycles. The van der Waals surface area contributed by atoms with E-state index in [0.717, 1.165) is 43.3 Å². The van der Waals surface area contributed by atoms with Crippen LogP contribution >= 0.6 is 12.4 Å². The van der Waals surface area contributed by atoms with Gasteiger partial charge in [-0.3, -0.25) is 19.9 Å². The molecule has 1 fully saturated rings. The summed E-state index contributed by atoms with van der Waals surface area (Å²) in [5.41, 5.74) is 1.60. The summed E-state index contributed by atoms with van der Waals surface area (Å²) in [5.74, 6) is -0.928. The number of carbonyl (C=O) groups excluding carboxylic acids is 1. The van der Waals surface area contributed by atoms with E-state index in [-0.39, 0.29) is 29.9 Å². The summed E-state index contributed by atoms with van der Waals surface area (Å²) in [6, 6.07) is 6.57. The number of halogens is 1. The average Bonchev–Trinajstić information content (AvgIpc) is 2.88. The Balaban J connectivity index is 0.00000361. The van der Waals surface area contributed by atoms with Gasteiger partial charge in [-0.15, -0.1) is 12.4 Å². The largest absolute Gasteiger partial charge is 0.377 e. The quantitative estimate of drug-likeness (QED) is 0.284. The minimum absolute atomic E-state index is 0. The van der Waals surface area contributed by atoms with Crippen molar-refractivity contribution in [3.05, 3.63) is 64.0 Å². The second kappa shape index (κ2) is 12.2. The van der Waals surface area contributed by atoms with Crippen LogP contribution in [0.2, 0.25) is 0 Å². The Labute approximate surface area is 214 Å². The van der Waals surface area contributed by atoms with Crippen LogP contribution in [0.1, 0.15) is 22.5 Å². The second-order valence-corrected chi connectivity index (χ2v) is 9.75. The molecule has 4 N–H and O–H groups in total. The molecule has 12 nitrogen and oxygen atoms in total. The van der Waals surface area contributed by atoms with Gasteiger partial charge in [0.25, 0.3) is 21.6 Å². The Hall–Kier alpha value is -3.10. The van der Waals surface area contributed by atoms with E-state index in [1.165, 1.54) is 24.4 Å². The highest BCUT2D eigenvalue weighted by Crippen LogP contribution is 2.28. The number of nitrogens with one attached hydrogen (secondary N) is 4. The highest BCUT2D eigenvalue weighted by Gasteiger charge is 2.25. The molecule has 1 unspecified atom stereocenters. The number of nitro groups is 1. The fourth-order valence-electron chi connectivity index (χ4n) is 3.79. The maximum Gasteiger partial charge on any atom is 0.293 e. The third-order valence-corrected chi connectivity index (χ3v) is 6.99. The van der Waals surface area contributed by atoms with Crippen molar-refractivity contribution in [1.82, 2.24) is 20.3 Å². The van der Waals surface area contributed by atoms with E-state index in [1.54, 1.807) is 6.07 Å². The average molecular weight is 539 g/mol. The van der Waals surface area contributed by atoms with Crippen LogP contribution in [0.25, 0.3) is 5.57 Å². The summed E-state index contributed by atoms with van der Waals surface area (Å²) >= 11 is 0.